The van der Waals surface area contributed by atoms with E-state index >= 15 is 0 Å². The summed E-state index contributed by atoms with van der Waals surface area (Å²) in [5, 5.41) is 6.14. The number of benzene rings is 3. The van der Waals surface area contributed by atoms with Gasteiger partial charge in [-0.25, -0.2) is 0 Å². The van der Waals surface area contributed by atoms with Crippen molar-refractivity contribution >= 4 is 27.9 Å². The van der Waals surface area contributed by atoms with Gasteiger partial charge in [0, 0.05) is 48.8 Å². The molecule has 3 aromatic rings. The quantitative estimate of drug-likeness (QED) is 0.567. The van der Waals surface area contributed by atoms with Gasteiger partial charge >= 0.3 is 0 Å². The van der Waals surface area contributed by atoms with Gasteiger partial charge in [-0.3, -0.25) is 4.79 Å². The van der Waals surface area contributed by atoms with Gasteiger partial charge in [0.1, 0.15) is 0 Å². The van der Waals surface area contributed by atoms with Crippen LogP contribution in [0.15, 0.2) is 71.9 Å². The number of Topliss-reactive ketones (excluding diaryl/α,β-unsaturated/α-hetero) is 1. The average molecular weight is 397 g/mol. The van der Waals surface area contributed by atoms with Crippen molar-refractivity contribution in [2.75, 3.05) is 24.3 Å². The fourth-order valence-electron chi connectivity index (χ4n) is 5.07. The highest BCUT2D eigenvalue weighted by atomic mass is 16.1. The second-order valence-corrected chi connectivity index (χ2v) is 9.63. The van der Waals surface area contributed by atoms with E-state index in [2.05, 4.69) is 84.7 Å². The number of allylic oxidation sites excluding steroid dienone is 2. The van der Waals surface area contributed by atoms with Crippen LogP contribution in [0.1, 0.15) is 43.7 Å². The smallest absolute Gasteiger partial charge is 0.162 e. The van der Waals surface area contributed by atoms with E-state index in [0.29, 0.717) is 6.42 Å². The first-order chi connectivity index (χ1) is 14.3. The van der Waals surface area contributed by atoms with Gasteiger partial charge in [0.25, 0.3) is 0 Å². The summed E-state index contributed by atoms with van der Waals surface area (Å²) in [5.74, 6) is 0.245. The lowest BCUT2D eigenvalue weighted by atomic mass is 9.68. The van der Waals surface area contributed by atoms with Crippen molar-refractivity contribution in [2.45, 2.75) is 32.6 Å². The van der Waals surface area contributed by atoms with E-state index < -0.39 is 0 Å². The van der Waals surface area contributed by atoms with Crippen LogP contribution in [-0.2, 0) is 4.79 Å². The minimum Gasteiger partial charge on any atom is -0.378 e. The zero-order valence-corrected chi connectivity index (χ0v) is 18.1. The second-order valence-electron chi connectivity index (χ2n) is 9.63. The Morgan fingerprint density at radius 3 is 2.40 bits per heavy atom. The predicted octanol–water partition coefficient (Wildman–Crippen LogP) is 6.11. The van der Waals surface area contributed by atoms with Crippen molar-refractivity contribution in [3.8, 4) is 0 Å². The Labute approximate surface area is 178 Å². The van der Waals surface area contributed by atoms with Gasteiger partial charge in [0.15, 0.2) is 5.78 Å². The van der Waals surface area contributed by atoms with E-state index in [1.165, 1.54) is 21.9 Å². The number of anilines is 2. The molecule has 0 spiro atoms. The van der Waals surface area contributed by atoms with Crippen LogP contribution in [0.3, 0.4) is 0 Å². The minimum absolute atomic E-state index is 0.0235. The van der Waals surface area contributed by atoms with Crippen LogP contribution in [0.25, 0.3) is 10.8 Å². The fraction of sp³-hybridized carbons (Fsp3) is 0.296. The van der Waals surface area contributed by atoms with Crippen LogP contribution in [0.2, 0.25) is 0 Å². The molecule has 0 fully saturated rings. The summed E-state index contributed by atoms with van der Waals surface area (Å²) in [6.45, 7) is 4.38. The maximum atomic E-state index is 13.4. The third kappa shape index (κ3) is 3.00. The molecule has 0 bridgehead atoms. The Bertz CT molecular complexity index is 1190. The fourth-order valence-corrected chi connectivity index (χ4v) is 5.07. The van der Waals surface area contributed by atoms with Crippen molar-refractivity contribution in [3.05, 3.63) is 83.1 Å². The molecule has 0 saturated heterocycles. The molecular weight excluding hydrogens is 368 g/mol. The number of hydrogen-bond donors (Lipinski definition) is 1. The standard InChI is InChI=1S/C27H28N2O/c1-27(2)15-22-25(23(30)16-27)24(18-9-12-19(13-10-18)29(3)4)21-14-11-17-7-5-6-8-20(17)26(21)28-22/h5-14,24,28H,15-16H2,1-4H3/t24-/m1/s1. The Morgan fingerprint density at radius 1 is 0.933 bits per heavy atom. The summed E-state index contributed by atoms with van der Waals surface area (Å²) < 4.78 is 0. The lowest BCUT2D eigenvalue weighted by Crippen LogP contribution is -2.33. The van der Waals surface area contributed by atoms with Crippen LogP contribution in [0.5, 0.6) is 0 Å². The molecule has 1 aliphatic heterocycles. The minimum atomic E-state index is -0.0272. The van der Waals surface area contributed by atoms with Crippen LogP contribution in [0, 0.1) is 5.41 Å². The monoisotopic (exact) mass is 396 g/mol. The lowest BCUT2D eigenvalue weighted by molar-refractivity contribution is -0.118. The molecule has 5 rings (SSSR count). The summed E-state index contributed by atoms with van der Waals surface area (Å²) >= 11 is 0. The summed E-state index contributed by atoms with van der Waals surface area (Å²) in [5.41, 5.74) is 6.72. The average Bonchev–Trinajstić information content (AvgIpc) is 2.71. The van der Waals surface area contributed by atoms with E-state index in [-0.39, 0.29) is 17.1 Å². The van der Waals surface area contributed by atoms with Crippen molar-refractivity contribution in [2.24, 2.45) is 5.41 Å². The van der Waals surface area contributed by atoms with Gasteiger partial charge in [0.2, 0.25) is 0 Å². The van der Waals surface area contributed by atoms with Crippen molar-refractivity contribution < 1.29 is 4.79 Å². The SMILES string of the molecule is CN(C)c1ccc([C@H]2C3=C(CC(C)(C)CC3=O)Nc3c2ccc2ccccc32)cc1. The van der Waals surface area contributed by atoms with E-state index in [1.807, 2.05) is 14.1 Å². The molecular formula is C27H28N2O. The van der Waals surface area contributed by atoms with E-state index in [9.17, 15) is 4.79 Å². The Morgan fingerprint density at radius 2 is 1.67 bits per heavy atom. The summed E-state index contributed by atoms with van der Waals surface area (Å²) in [4.78, 5) is 15.5. The van der Waals surface area contributed by atoms with Crippen LogP contribution in [0.4, 0.5) is 11.4 Å². The van der Waals surface area contributed by atoms with Crippen molar-refractivity contribution in [1.29, 1.82) is 0 Å². The zero-order valence-electron chi connectivity index (χ0n) is 18.1. The van der Waals surface area contributed by atoms with E-state index in [1.54, 1.807) is 0 Å². The number of rotatable bonds is 2. The molecule has 0 radical (unpaired) electrons. The normalized spacial score (nSPS) is 19.9. The number of carbonyl (C=O) groups is 1. The maximum Gasteiger partial charge on any atom is 0.162 e. The first-order valence-electron chi connectivity index (χ1n) is 10.7. The molecule has 152 valence electrons. The molecule has 0 unspecified atom stereocenters. The summed E-state index contributed by atoms with van der Waals surface area (Å²) in [7, 11) is 4.10. The molecule has 1 N–H and O–H groups in total. The number of hydrogen-bond acceptors (Lipinski definition) is 3. The highest BCUT2D eigenvalue weighted by molar-refractivity contribution is 6.05. The topological polar surface area (TPSA) is 32.3 Å². The molecule has 1 heterocycles. The number of carbonyl (C=O) groups excluding carboxylic acids is 1. The highest BCUT2D eigenvalue weighted by Gasteiger charge is 2.40. The summed E-state index contributed by atoms with van der Waals surface area (Å²) in [6, 6.07) is 21.5. The molecule has 2 aliphatic rings. The highest BCUT2D eigenvalue weighted by Crippen LogP contribution is 2.50. The molecule has 1 atom stereocenters. The zero-order chi connectivity index (χ0) is 21.0. The van der Waals surface area contributed by atoms with Crippen molar-refractivity contribution in [3.63, 3.8) is 0 Å². The van der Waals surface area contributed by atoms with Crippen molar-refractivity contribution in [1.82, 2.24) is 0 Å². The molecule has 0 aromatic heterocycles. The van der Waals surface area contributed by atoms with Gasteiger partial charge in [-0.2, -0.15) is 0 Å². The molecule has 0 saturated carbocycles. The summed E-state index contributed by atoms with van der Waals surface area (Å²) in [6.07, 6.45) is 1.49. The number of nitrogens with zero attached hydrogens (tertiary/aromatic N) is 1. The molecule has 1 aliphatic carbocycles. The third-order valence-corrected chi connectivity index (χ3v) is 6.50. The number of ketones is 1. The molecule has 3 aromatic carbocycles. The Hall–Kier alpha value is -3.07. The van der Waals surface area contributed by atoms with Crippen LogP contribution in [-0.4, -0.2) is 19.9 Å². The van der Waals surface area contributed by atoms with Gasteiger partial charge in [-0.1, -0.05) is 62.4 Å². The Kier molecular flexibility index (Phi) is 4.25. The van der Waals surface area contributed by atoms with Gasteiger partial charge in [-0.05, 0) is 40.5 Å². The number of fused-ring (bicyclic) bond motifs is 3. The molecule has 3 heteroatoms. The lowest BCUT2D eigenvalue weighted by Gasteiger charge is -2.40. The van der Waals surface area contributed by atoms with Crippen LogP contribution < -0.4 is 10.2 Å². The van der Waals surface area contributed by atoms with Crippen LogP contribution >= 0.6 is 0 Å². The Balaban J connectivity index is 1.74. The van der Waals surface area contributed by atoms with E-state index in [4.69, 9.17) is 0 Å². The van der Waals surface area contributed by atoms with Gasteiger partial charge in [0.05, 0.1) is 5.69 Å². The van der Waals surface area contributed by atoms with Gasteiger partial charge < -0.3 is 10.2 Å². The molecule has 3 nitrogen and oxygen atoms in total. The first-order valence-corrected chi connectivity index (χ1v) is 10.7. The predicted molar refractivity (Wildman–Crippen MR) is 125 cm³/mol. The molecule has 0 amide bonds. The number of nitrogens with one attached hydrogen (secondary N) is 1. The largest absolute Gasteiger partial charge is 0.378 e. The first kappa shape index (κ1) is 18.9. The van der Waals surface area contributed by atoms with Gasteiger partial charge in [-0.15, -0.1) is 0 Å². The van der Waals surface area contributed by atoms with E-state index in [0.717, 1.165) is 29.1 Å². The third-order valence-electron chi connectivity index (χ3n) is 6.50. The second kappa shape index (κ2) is 6.73. The molecule has 30 heavy (non-hydrogen) atoms. The maximum absolute atomic E-state index is 13.4.